The molecule has 2 amide bonds. The van der Waals surface area contributed by atoms with Crippen LogP contribution >= 0.6 is 11.6 Å². The largest absolute Gasteiger partial charge is 0.416 e. The maximum absolute atomic E-state index is 14.0. The first-order chi connectivity index (χ1) is 18.9. The first-order valence-corrected chi connectivity index (χ1v) is 12.5. The number of hydrogen-bond donors (Lipinski definition) is 1. The van der Waals surface area contributed by atoms with Crippen molar-refractivity contribution in [3.63, 3.8) is 0 Å². The summed E-state index contributed by atoms with van der Waals surface area (Å²) in [4.78, 5) is 41.8. The van der Waals surface area contributed by atoms with Gasteiger partial charge in [0.15, 0.2) is 5.78 Å². The zero-order valence-corrected chi connectivity index (χ0v) is 22.2. The number of allylic oxidation sites excluding steroid dienone is 2. The van der Waals surface area contributed by atoms with E-state index in [0.717, 1.165) is 23.1 Å². The average molecular weight is 566 g/mol. The lowest BCUT2D eigenvalue weighted by Crippen LogP contribution is -2.50. The van der Waals surface area contributed by atoms with Gasteiger partial charge in [0, 0.05) is 34.4 Å². The molecule has 0 fully saturated rings. The quantitative estimate of drug-likeness (QED) is 0.363. The van der Waals surface area contributed by atoms with E-state index in [1.807, 2.05) is 6.07 Å². The van der Waals surface area contributed by atoms with E-state index in [0.29, 0.717) is 21.7 Å². The fourth-order valence-electron chi connectivity index (χ4n) is 4.91. The lowest BCUT2D eigenvalue weighted by Gasteiger charge is -2.39. The van der Waals surface area contributed by atoms with Crippen LogP contribution in [-0.2, 0) is 27.1 Å². The van der Waals surface area contributed by atoms with Crippen LogP contribution in [-0.4, -0.2) is 17.6 Å². The van der Waals surface area contributed by atoms with E-state index in [9.17, 15) is 32.8 Å². The number of nitrogens with zero attached hydrogens (tertiary/aromatic N) is 2. The molecule has 2 atom stereocenters. The zero-order chi connectivity index (χ0) is 29.2. The van der Waals surface area contributed by atoms with Gasteiger partial charge < -0.3 is 5.32 Å². The van der Waals surface area contributed by atoms with Crippen LogP contribution in [0.5, 0.6) is 0 Å². The van der Waals surface area contributed by atoms with Gasteiger partial charge in [0.1, 0.15) is 5.92 Å². The smallest absolute Gasteiger partial charge is 0.351 e. The number of carbonyl (C=O) groups is 3. The second-order valence-corrected chi connectivity index (χ2v) is 9.75. The summed E-state index contributed by atoms with van der Waals surface area (Å²) in [7, 11) is 0. The molecule has 3 aromatic carbocycles. The molecule has 0 spiro atoms. The van der Waals surface area contributed by atoms with Crippen molar-refractivity contribution in [3.05, 3.63) is 111 Å². The Hall–Kier alpha value is -4.42. The molecule has 1 heterocycles. The van der Waals surface area contributed by atoms with Crippen molar-refractivity contribution < 1.29 is 27.6 Å². The number of anilines is 1. The van der Waals surface area contributed by atoms with Crippen LogP contribution in [0.15, 0.2) is 84.1 Å². The molecule has 10 heteroatoms. The van der Waals surface area contributed by atoms with Gasteiger partial charge in [-0.2, -0.15) is 18.4 Å². The molecule has 1 aliphatic rings. The molecule has 6 nitrogen and oxygen atoms in total. The van der Waals surface area contributed by atoms with Crippen LogP contribution < -0.4 is 10.2 Å². The summed E-state index contributed by atoms with van der Waals surface area (Å²) in [6.07, 6.45) is -4.67. The zero-order valence-electron chi connectivity index (χ0n) is 21.4. The maximum Gasteiger partial charge on any atom is 0.416 e. The molecule has 3 aromatic rings. The number of carbonyl (C=O) groups excluding carboxylic acids is 3. The van der Waals surface area contributed by atoms with Gasteiger partial charge in [0.25, 0.3) is 0 Å². The molecule has 0 bridgehead atoms. The first-order valence-electron chi connectivity index (χ1n) is 12.2. The Morgan fingerprint density at radius 1 is 1.05 bits per heavy atom. The molecular weight excluding hydrogens is 543 g/mol. The number of hydrogen-bond acceptors (Lipinski definition) is 4. The summed E-state index contributed by atoms with van der Waals surface area (Å²) < 4.78 is 40.5. The van der Waals surface area contributed by atoms with E-state index in [4.69, 9.17) is 11.6 Å². The summed E-state index contributed by atoms with van der Waals surface area (Å²) in [5, 5.41) is 12.4. The first kappa shape index (κ1) is 28.6. The third kappa shape index (κ3) is 5.77. The molecule has 1 N–H and O–H groups in total. The standard InChI is InChI=1S/C30H23ClF3N3O3/c1-17-25(18(2)38)26(21-11-9-19(15-35)10-12-21)27(28(39)36-16-20-5-3-7-23(31)13-20)29(40)37(17)24-8-4-6-22(14-24)30(32,33)34/h3-14,26-27H,16H2,1-2H3,(H,36,39). The fraction of sp³-hybridized carbons (Fsp3) is 0.200. The number of benzene rings is 3. The molecular formula is C30H23ClF3N3O3. The highest BCUT2D eigenvalue weighted by atomic mass is 35.5. The third-order valence-electron chi connectivity index (χ3n) is 6.70. The number of alkyl halides is 3. The summed E-state index contributed by atoms with van der Waals surface area (Å²) in [5.41, 5.74) is 0.544. The van der Waals surface area contributed by atoms with Crippen LogP contribution in [0.25, 0.3) is 0 Å². The number of rotatable bonds is 6. The molecule has 0 saturated carbocycles. The Labute approximate surface area is 233 Å². The van der Waals surface area contributed by atoms with Gasteiger partial charge in [-0.05, 0) is 67.4 Å². The van der Waals surface area contributed by atoms with Crippen LogP contribution in [0.2, 0.25) is 5.02 Å². The summed E-state index contributed by atoms with van der Waals surface area (Å²) >= 11 is 6.04. The average Bonchev–Trinajstić information content (AvgIpc) is 2.91. The number of halogens is 4. The lowest BCUT2D eigenvalue weighted by atomic mass is 9.74. The third-order valence-corrected chi connectivity index (χ3v) is 6.94. The van der Waals surface area contributed by atoms with Crippen molar-refractivity contribution in [3.8, 4) is 6.07 Å². The van der Waals surface area contributed by atoms with Gasteiger partial charge in [-0.1, -0.05) is 41.9 Å². The summed E-state index contributed by atoms with van der Waals surface area (Å²) in [5.74, 6) is -4.50. The van der Waals surface area contributed by atoms with E-state index in [2.05, 4.69) is 5.32 Å². The number of ketones is 1. The second kappa shape index (κ2) is 11.4. The minimum Gasteiger partial charge on any atom is -0.351 e. The number of nitriles is 1. The van der Waals surface area contributed by atoms with Crippen molar-refractivity contribution in [2.75, 3.05) is 4.90 Å². The molecule has 40 heavy (non-hydrogen) atoms. The van der Waals surface area contributed by atoms with Crippen LogP contribution in [0.3, 0.4) is 0 Å². The normalized spacial score (nSPS) is 17.4. The summed E-state index contributed by atoms with van der Waals surface area (Å²) in [6, 6.07) is 19.0. The Balaban J connectivity index is 1.86. The van der Waals surface area contributed by atoms with E-state index in [1.54, 1.807) is 36.4 Å². The van der Waals surface area contributed by atoms with Crippen LogP contribution in [0.4, 0.5) is 18.9 Å². The van der Waals surface area contributed by atoms with Crippen molar-refractivity contribution >= 4 is 34.9 Å². The van der Waals surface area contributed by atoms with Gasteiger partial charge in [-0.3, -0.25) is 19.3 Å². The van der Waals surface area contributed by atoms with Crippen molar-refractivity contribution in [2.45, 2.75) is 32.5 Å². The second-order valence-electron chi connectivity index (χ2n) is 9.31. The molecule has 2 unspecified atom stereocenters. The predicted octanol–water partition coefficient (Wildman–Crippen LogP) is 6.16. The Kier molecular flexibility index (Phi) is 8.12. The van der Waals surface area contributed by atoms with Crippen molar-refractivity contribution in [2.24, 2.45) is 5.92 Å². The molecule has 204 valence electrons. The molecule has 0 aromatic heterocycles. The van der Waals surface area contributed by atoms with Crippen LogP contribution in [0, 0.1) is 17.2 Å². The molecule has 0 radical (unpaired) electrons. The van der Waals surface area contributed by atoms with E-state index < -0.39 is 41.2 Å². The van der Waals surface area contributed by atoms with Gasteiger partial charge in [0.2, 0.25) is 11.8 Å². The predicted molar refractivity (Wildman–Crippen MR) is 143 cm³/mol. The van der Waals surface area contributed by atoms with Gasteiger partial charge >= 0.3 is 6.18 Å². The fourth-order valence-corrected chi connectivity index (χ4v) is 5.12. The monoisotopic (exact) mass is 565 g/mol. The number of amides is 2. The van der Waals surface area contributed by atoms with E-state index in [-0.39, 0.29) is 23.5 Å². The maximum atomic E-state index is 14.0. The van der Waals surface area contributed by atoms with E-state index in [1.165, 1.54) is 32.0 Å². The molecule has 0 aliphatic carbocycles. The highest BCUT2D eigenvalue weighted by Gasteiger charge is 2.47. The minimum absolute atomic E-state index is 0.0188. The highest BCUT2D eigenvalue weighted by Crippen LogP contribution is 2.43. The summed E-state index contributed by atoms with van der Waals surface area (Å²) in [6.45, 7) is 2.76. The van der Waals surface area contributed by atoms with E-state index >= 15 is 0 Å². The SMILES string of the molecule is CC(=O)C1=C(C)N(c2cccc(C(F)(F)F)c2)C(=O)C(C(=O)NCc2cccc(Cl)c2)C1c1ccc(C#N)cc1. The van der Waals surface area contributed by atoms with Gasteiger partial charge in [-0.15, -0.1) is 0 Å². The topological polar surface area (TPSA) is 90.3 Å². The van der Waals surface area contributed by atoms with Gasteiger partial charge in [0.05, 0.1) is 17.2 Å². The number of nitrogens with one attached hydrogen (secondary N) is 1. The molecule has 0 saturated heterocycles. The number of Topliss-reactive ketones (excluding diaryl/α,β-unsaturated/α-hetero) is 1. The molecule has 4 rings (SSSR count). The van der Waals surface area contributed by atoms with Crippen LogP contribution in [0.1, 0.15) is 42.0 Å². The van der Waals surface area contributed by atoms with Gasteiger partial charge in [-0.25, -0.2) is 0 Å². The van der Waals surface area contributed by atoms with Crippen molar-refractivity contribution in [1.82, 2.24) is 5.32 Å². The Morgan fingerprint density at radius 2 is 1.73 bits per heavy atom. The lowest BCUT2D eigenvalue weighted by molar-refractivity contribution is -0.138. The Morgan fingerprint density at radius 3 is 2.33 bits per heavy atom. The van der Waals surface area contributed by atoms with Crippen molar-refractivity contribution in [1.29, 1.82) is 5.26 Å². The highest BCUT2D eigenvalue weighted by molar-refractivity contribution is 6.30. The Bertz CT molecular complexity index is 1560. The minimum atomic E-state index is -4.67. The molecule has 1 aliphatic heterocycles.